The Hall–Kier alpha value is -1.34. The lowest BCUT2D eigenvalue weighted by molar-refractivity contribution is 0.402. The van der Waals surface area contributed by atoms with E-state index in [4.69, 9.17) is 0 Å². The average Bonchev–Trinajstić information content (AvgIpc) is 2.71. The Morgan fingerprint density at radius 3 is 1.83 bits per heavy atom. The van der Waals surface area contributed by atoms with Crippen LogP contribution in [0.5, 0.6) is 0 Å². The van der Waals surface area contributed by atoms with Gasteiger partial charge in [-0.1, -0.05) is 93.1 Å². The molecule has 1 nitrogen and oxygen atoms in total. The molecule has 1 aliphatic carbocycles. The molecule has 0 radical (unpaired) electrons. The molecule has 1 N–H and O–H groups in total. The van der Waals surface area contributed by atoms with Crippen LogP contribution < -0.4 is 5.32 Å². The summed E-state index contributed by atoms with van der Waals surface area (Å²) in [6, 6.07) is 19.1. The van der Waals surface area contributed by atoms with Gasteiger partial charge < -0.3 is 5.32 Å². The van der Waals surface area contributed by atoms with Gasteiger partial charge in [0.25, 0.3) is 0 Å². The SMILES string of the molecule is c1ccccc(CCNCC2CCCCCCCC2)cccc1. The van der Waals surface area contributed by atoms with Gasteiger partial charge in [0, 0.05) is 0 Å². The Morgan fingerprint density at radius 1 is 0.696 bits per heavy atom. The van der Waals surface area contributed by atoms with Crippen molar-refractivity contribution in [1.29, 1.82) is 0 Å². The van der Waals surface area contributed by atoms with Gasteiger partial charge in [0.1, 0.15) is 0 Å². The Labute approximate surface area is 142 Å². The fraction of sp³-hybridized carbons (Fsp3) is 0.545. The highest BCUT2D eigenvalue weighted by atomic mass is 14.9. The molecule has 0 bridgehead atoms. The zero-order valence-electron chi connectivity index (χ0n) is 14.6. The lowest BCUT2D eigenvalue weighted by Gasteiger charge is -2.16. The third-order valence-corrected chi connectivity index (χ3v) is 4.79. The largest absolute Gasteiger partial charge is 0.316 e. The van der Waals surface area contributed by atoms with Gasteiger partial charge in [-0.2, -0.15) is 0 Å². The van der Waals surface area contributed by atoms with Crippen LogP contribution in [0.4, 0.5) is 0 Å². The summed E-state index contributed by atoms with van der Waals surface area (Å²) in [6.07, 6.45) is 12.6. The van der Waals surface area contributed by atoms with Crippen molar-refractivity contribution in [1.82, 2.24) is 5.32 Å². The molecule has 1 aromatic carbocycles. The van der Waals surface area contributed by atoms with Crippen LogP contribution in [0.15, 0.2) is 54.6 Å². The molecule has 0 spiro atoms. The Morgan fingerprint density at radius 2 is 1.22 bits per heavy atom. The minimum Gasteiger partial charge on any atom is -0.316 e. The highest BCUT2D eigenvalue weighted by Gasteiger charge is 2.09. The minimum absolute atomic E-state index is 0.898. The average molecular weight is 312 g/mol. The van der Waals surface area contributed by atoms with Crippen LogP contribution in [0.25, 0.3) is 0 Å². The van der Waals surface area contributed by atoms with Crippen LogP contribution in [-0.2, 0) is 6.42 Å². The monoisotopic (exact) mass is 311 g/mol. The van der Waals surface area contributed by atoms with E-state index in [-0.39, 0.29) is 0 Å². The molecule has 0 unspecified atom stereocenters. The summed E-state index contributed by atoms with van der Waals surface area (Å²) in [4.78, 5) is 0. The topological polar surface area (TPSA) is 12.0 Å². The van der Waals surface area contributed by atoms with Crippen molar-refractivity contribution in [2.75, 3.05) is 13.1 Å². The quantitative estimate of drug-likeness (QED) is 0.688. The number of rotatable bonds is 5. The fourth-order valence-corrected chi connectivity index (χ4v) is 3.36. The third-order valence-electron chi connectivity index (χ3n) is 4.79. The first kappa shape index (κ1) is 18.0. The Balaban J connectivity index is 1.73. The van der Waals surface area contributed by atoms with E-state index in [1.165, 1.54) is 63.5 Å². The van der Waals surface area contributed by atoms with Crippen molar-refractivity contribution in [3.63, 3.8) is 0 Å². The first-order valence-electron chi connectivity index (χ1n) is 9.53. The van der Waals surface area contributed by atoms with Crippen molar-refractivity contribution >= 4 is 0 Å². The summed E-state index contributed by atoms with van der Waals surface area (Å²) in [6.45, 7) is 2.29. The second-order valence-corrected chi connectivity index (χ2v) is 6.77. The Kier molecular flexibility index (Phi) is 9.49. The molecule has 1 aliphatic rings. The Bertz CT molecular complexity index is 432. The van der Waals surface area contributed by atoms with E-state index in [0.717, 1.165) is 18.9 Å². The summed E-state index contributed by atoms with van der Waals surface area (Å²) in [5.41, 5.74) is 1.39. The smallest absolute Gasteiger partial charge is 0.000824 e. The zero-order valence-corrected chi connectivity index (χ0v) is 14.6. The summed E-state index contributed by atoms with van der Waals surface area (Å²) in [7, 11) is 0. The molecular weight excluding hydrogens is 278 g/mol. The molecular formula is C22H33N. The van der Waals surface area contributed by atoms with E-state index in [1.807, 2.05) is 0 Å². The molecule has 23 heavy (non-hydrogen) atoms. The number of hydrogen-bond acceptors (Lipinski definition) is 1. The molecule has 0 amide bonds. The molecule has 0 atom stereocenters. The maximum Gasteiger partial charge on any atom is -0.000824 e. The van der Waals surface area contributed by atoms with E-state index < -0.39 is 0 Å². The summed E-state index contributed by atoms with van der Waals surface area (Å²) >= 11 is 0. The van der Waals surface area contributed by atoms with Gasteiger partial charge in [-0.3, -0.25) is 0 Å². The lowest BCUT2D eigenvalue weighted by atomic mass is 9.97. The molecule has 2 rings (SSSR count). The van der Waals surface area contributed by atoms with Crippen LogP contribution in [0.2, 0.25) is 0 Å². The molecule has 126 valence electrons. The van der Waals surface area contributed by atoms with Gasteiger partial charge in [-0.15, -0.1) is 0 Å². The zero-order chi connectivity index (χ0) is 16.0. The number of hydrogen-bond donors (Lipinski definition) is 1. The first-order valence-corrected chi connectivity index (χ1v) is 9.53. The molecule has 0 aliphatic heterocycles. The molecule has 1 fully saturated rings. The number of nitrogens with one attached hydrogen (secondary N) is 1. The van der Waals surface area contributed by atoms with Gasteiger partial charge in [-0.25, -0.2) is 0 Å². The summed E-state index contributed by atoms with van der Waals surface area (Å²) in [5.74, 6) is 0.898. The standard InChI is InChI=1S/C22H33N/c1-2-6-10-14-21(15-11-7-3-1)18-19-23-20-22-16-12-8-4-5-9-13-17-22/h1-3,6-7,10-11,14-15,22-23H,4-5,8-9,12-13,16-20H2. The van der Waals surface area contributed by atoms with Gasteiger partial charge in [0.15, 0.2) is 0 Å². The van der Waals surface area contributed by atoms with Crippen molar-refractivity contribution in [2.45, 2.75) is 57.8 Å². The second kappa shape index (κ2) is 12.1. The fourth-order valence-electron chi connectivity index (χ4n) is 3.36. The maximum absolute atomic E-state index is 3.70. The van der Waals surface area contributed by atoms with Gasteiger partial charge in [0.05, 0.1) is 0 Å². The predicted octanol–water partition coefficient (Wildman–Crippen LogP) is 5.69. The molecule has 1 aromatic rings. The van der Waals surface area contributed by atoms with Gasteiger partial charge in [-0.05, 0) is 43.8 Å². The maximum atomic E-state index is 3.70. The normalized spacial score (nSPS) is 16.7. The first-order chi connectivity index (χ1) is 11.4. The summed E-state index contributed by atoms with van der Waals surface area (Å²) in [5, 5.41) is 3.70. The van der Waals surface area contributed by atoms with Crippen LogP contribution in [0.1, 0.15) is 56.9 Å². The highest BCUT2D eigenvalue weighted by molar-refractivity contribution is 5.12. The van der Waals surface area contributed by atoms with Crippen molar-refractivity contribution < 1.29 is 0 Å². The molecule has 0 aromatic heterocycles. The van der Waals surface area contributed by atoms with Crippen LogP contribution in [0.3, 0.4) is 0 Å². The van der Waals surface area contributed by atoms with Crippen molar-refractivity contribution in [2.24, 2.45) is 5.92 Å². The third kappa shape index (κ3) is 8.76. The van der Waals surface area contributed by atoms with Crippen molar-refractivity contribution in [3.05, 3.63) is 60.2 Å². The van der Waals surface area contributed by atoms with E-state index in [1.54, 1.807) is 0 Å². The second-order valence-electron chi connectivity index (χ2n) is 6.77. The molecule has 0 saturated heterocycles. The van der Waals surface area contributed by atoms with Crippen LogP contribution in [-0.4, -0.2) is 13.1 Å². The lowest BCUT2D eigenvalue weighted by Crippen LogP contribution is -2.25. The minimum atomic E-state index is 0.898. The predicted molar refractivity (Wildman–Crippen MR) is 101 cm³/mol. The van der Waals surface area contributed by atoms with E-state index in [2.05, 4.69) is 59.9 Å². The highest BCUT2D eigenvalue weighted by Crippen LogP contribution is 2.21. The van der Waals surface area contributed by atoms with E-state index in [9.17, 15) is 0 Å². The van der Waals surface area contributed by atoms with Crippen LogP contribution >= 0.6 is 0 Å². The molecule has 1 saturated carbocycles. The molecule has 0 heterocycles. The molecule has 1 heteroatoms. The van der Waals surface area contributed by atoms with Crippen molar-refractivity contribution in [3.8, 4) is 0 Å². The van der Waals surface area contributed by atoms with Gasteiger partial charge >= 0.3 is 0 Å². The van der Waals surface area contributed by atoms with Gasteiger partial charge in [0.2, 0.25) is 0 Å². The van der Waals surface area contributed by atoms with E-state index >= 15 is 0 Å². The van der Waals surface area contributed by atoms with E-state index in [0.29, 0.717) is 0 Å². The summed E-state index contributed by atoms with van der Waals surface area (Å²) < 4.78 is 0. The van der Waals surface area contributed by atoms with Crippen LogP contribution in [0, 0.1) is 5.92 Å².